The van der Waals surface area contributed by atoms with Crippen LogP contribution in [-0.4, -0.2) is 31.3 Å². The van der Waals surface area contributed by atoms with Crippen LogP contribution in [0.1, 0.15) is 17.0 Å². The molecule has 4 aromatic rings. The van der Waals surface area contributed by atoms with Crippen LogP contribution < -0.4 is 18.9 Å². The molecule has 0 fully saturated rings. The van der Waals surface area contributed by atoms with Gasteiger partial charge < -0.3 is 18.9 Å². The van der Waals surface area contributed by atoms with E-state index in [4.69, 9.17) is 18.9 Å². The summed E-state index contributed by atoms with van der Waals surface area (Å²) in [4.78, 5) is 11.0. The fraction of sp³-hybridized carbons (Fsp3) is 0.231. The molecule has 2 aromatic carbocycles. The van der Waals surface area contributed by atoms with Crippen molar-refractivity contribution in [3.05, 3.63) is 71.5 Å². The second kappa shape index (κ2) is 9.92. The summed E-state index contributed by atoms with van der Waals surface area (Å²) >= 11 is 1.70. The normalized spacial score (nSPS) is 10.7. The molecule has 33 heavy (non-hydrogen) atoms. The molecule has 0 amide bonds. The summed E-state index contributed by atoms with van der Waals surface area (Å²) in [6.45, 7) is 4.22. The largest absolute Gasteiger partial charge is 0.497 e. The third-order valence-electron chi connectivity index (χ3n) is 5.15. The highest BCUT2D eigenvalue weighted by Gasteiger charge is 2.16. The van der Waals surface area contributed by atoms with Crippen LogP contribution in [-0.2, 0) is 6.61 Å². The Balaban J connectivity index is 1.72. The van der Waals surface area contributed by atoms with Crippen molar-refractivity contribution in [2.45, 2.75) is 20.5 Å². The molecule has 0 N–H and O–H groups in total. The van der Waals surface area contributed by atoms with E-state index in [1.807, 2.05) is 50.2 Å². The lowest BCUT2D eigenvalue weighted by Crippen LogP contribution is -2.01. The van der Waals surface area contributed by atoms with Gasteiger partial charge in [0, 0.05) is 26.7 Å². The zero-order valence-electron chi connectivity index (χ0n) is 19.3. The molecule has 0 bridgehead atoms. The molecule has 170 valence electrons. The Hall–Kier alpha value is -3.58. The van der Waals surface area contributed by atoms with E-state index in [1.165, 1.54) is 0 Å². The molecule has 0 radical (unpaired) electrons. The summed E-state index contributed by atoms with van der Waals surface area (Å²) in [5.41, 5.74) is 4.94. The average molecular weight is 463 g/mol. The molecule has 0 spiro atoms. The maximum Gasteiger partial charge on any atom is 0.317 e. The van der Waals surface area contributed by atoms with Crippen LogP contribution in [0.3, 0.4) is 0 Å². The van der Waals surface area contributed by atoms with Crippen LogP contribution in [0.15, 0.2) is 54.6 Å². The van der Waals surface area contributed by atoms with Gasteiger partial charge in [-0.3, -0.25) is 0 Å². The number of nitrogens with zero attached hydrogens (tertiary/aromatic N) is 2. The predicted molar refractivity (Wildman–Crippen MR) is 131 cm³/mol. The molecule has 0 saturated carbocycles. The zero-order valence-corrected chi connectivity index (χ0v) is 20.2. The molecule has 0 aliphatic rings. The van der Waals surface area contributed by atoms with Crippen molar-refractivity contribution >= 4 is 11.3 Å². The van der Waals surface area contributed by atoms with Gasteiger partial charge in [0.15, 0.2) is 11.5 Å². The number of aryl methyl sites for hydroxylation is 2. The van der Waals surface area contributed by atoms with Crippen molar-refractivity contribution < 1.29 is 18.9 Å². The van der Waals surface area contributed by atoms with Crippen LogP contribution >= 0.6 is 11.3 Å². The average Bonchev–Trinajstić information content (AvgIpc) is 3.26. The van der Waals surface area contributed by atoms with Gasteiger partial charge >= 0.3 is 6.01 Å². The molecule has 2 aromatic heterocycles. The summed E-state index contributed by atoms with van der Waals surface area (Å²) in [6, 6.07) is 18.4. The van der Waals surface area contributed by atoms with Gasteiger partial charge in [-0.1, -0.05) is 0 Å². The number of hydrogen-bond acceptors (Lipinski definition) is 7. The van der Waals surface area contributed by atoms with E-state index in [2.05, 4.69) is 28.2 Å². The first-order valence-electron chi connectivity index (χ1n) is 10.5. The fourth-order valence-electron chi connectivity index (χ4n) is 3.55. The minimum atomic E-state index is 0.355. The van der Waals surface area contributed by atoms with Crippen LogP contribution in [0.25, 0.3) is 20.9 Å². The number of methoxy groups -OCH3 is 3. The Kier molecular flexibility index (Phi) is 6.79. The third kappa shape index (κ3) is 5.09. The highest BCUT2D eigenvalue weighted by Crippen LogP contribution is 2.41. The number of aromatic nitrogens is 2. The first-order valence-corrected chi connectivity index (χ1v) is 11.3. The van der Waals surface area contributed by atoms with Crippen molar-refractivity contribution in [1.82, 2.24) is 9.97 Å². The van der Waals surface area contributed by atoms with Crippen LogP contribution in [0.4, 0.5) is 0 Å². The zero-order chi connectivity index (χ0) is 23.4. The van der Waals surface area contributed by atoms with E-state index in [0.717, 1.165) is 43.6 Å². The monoisotopic (exact) mass is 462 g/mol. The summed E-state index contributed by atoms with van der Waals surface area (Å²) in [5.74, 6) is 2.20. The first-order chi connectivity index (χ1) is 16.0. The summed E-state index contributed by atoms with van der Waals surface area (Å²) in [5, 5.41) is 0. The quantitative estimate of drug-likeness (QED) is 0.316. The van der Waals surface area contributed by atoms with E-state index in [-0.39, 0.29) is 0 Å². The minimum Gasteiger partial charge on any atom is -0.497 e. The molecule has 2 heterocycles. The molecule has 4 rings (SSSR count). The van der Waals surface area contributed by atoms with Crippen molar-refractivity contribution in [3.63, 3.8) is 0 Å². The highest BCUT2D eigenvalue weighted by atomic mass is 32.1. The SMILES string of the molecule is COc1ccc(-c2sc(-c3ccc(OC)c(OC)c3)cc2COc2nc(C)cc(C)n2)cc1. The number of benzene rings is 2. The Morgan fingerprint density at radius 3 is 2.03 bits per heavy atom. The molecule has 7 heteroatoms. The number of hydrogen-bond donors (Lipinski definition) is 0. The molecule has 0 unspecified atom stereocenters. The lowest BCUT2D eigenvalue weighted by atomic mass is 10.1. The van der Waals surface area contributed by atoms with Gasteiger partial charge in [-0.05, 0) is 79.6 Å². The van der Waals surface area contributed by atoms with Gasteiger partial charge in [0.1, 0.15) is 12.4 Å². The topological polar surface area (TPSA) is 62.7 Å². The fourth-order valence-corrected chi connectivity index (χ4v) is 4.72. The van der Waals surface area contributed by atoms with Crippen LogP contribution in [0.5, 0.6) is 23.3 Å². The van der Waals surface area contributed by atoms with Crippen molar-refractivity contribution in [2.24, 2.45) is 0 Å². The summed E-state index contributed by atoms with van der Waals surface area (Å²) in [7, 11) is 4.94. The van der Waals surface area contributed by atoms with Gasteiger partial charge in [0.2, 0.25) is 0 Å². The summed E-state index contributed by atoms with van der Waals surface area (Å²) < 4.78 is 22.2. The second-order valence-corrected chi connectivity index (χ2v) is 8.54. The number of ether oxygens (including phenoxy) is 4. The second-order valence-electron chi connectivity index (χ2n) is 7.49. The van der Waals surface area contributed by atoms with Gasteiger partial charge in [-0.2, -0.15) is 0 Å². The molecule has 0 saturated heterocycles. The third-order valence-corrected chi connectivity index (χ3v) is 6.42. The predicted octanol–water partition coefficient (Wildman–Crippen LogP) is 6.09. The smallest absolute Gasteiger partial charge is 0.317 e. The van der Waals surface area contributed by atoms with Gasteiger partial charge in [-0.25, -0.2) is 9.97 Å². The molecular formula is C26H26N2O4S. The van der Waals surface area contributed by atoms with Crippen LogP contribution in [0, 0.1) is 13.8 Å². The van der Waals surface area contributed by atoms with E-state index in [1.54, 1.807) is 32.7 Å². The molecular weight excluding hydrogens is 436 g/mol. The maximum atomic E-state index is 6.01. The van der Waals surface area contributed by atoms with Crippen molar-refractivity contribution in [2.75, 3.05) is 21.3 Å². The lowest BCUT2D eigenvalue weighted by Gasteiger charge is -2.08. The van der Waals surface area contributed by atoms with Gasteiger partial charge in [0.05, 0.1) is 21.3 Å². The minimum absolute atomic E-state index is 0.355. The number of rotatable bonds is 8. The Morgan fingerprint density at radius 1 is 0.727 bits per heavy atom. The maximum absolute atomic E-state index is 6.01. The Morgan fingerprint density at radius 2 is 1.39 bits per heavy atom. The van der Waals surface area contributed by atoms with Crippen molar-refractivity contribution in [1.29, 1.82) is 0 Å². The highest BCUT2D eigenvalue weighted by molar-refractivity contribution is 7.19. The van der Waals surface area contributed by atoms with Crippen molar-refractivity contribution in [3.8, 4) is 44.1 Å². The number of thiophene rings is 1. The Bertz CT molecular complexity index is 1230. The standard InChI is InChI=1S/C26H26N2O4S/c1-16-12-17(2)28-26(27-16)32-15-20-14-24(19-8-11-22(30-4)23(13-19)31-5)33-25(20)18-6-9-21(29-3)10-7-18/h6-14H,15H2,1-5H3. The van der Waals surface area contributed by atoms with Gasteiger partial charge in [-0.15, -0.1) is 11.3 Å². The molecule has 0 atom stereocenters. The van der Waals surface area contributed by atoms with Crippen LogP contribution in [0.2, 0.25) is 0 Å². The van der Waals surface area contributed by atoms with E-state index < -0.39 is 0 Å². The molecule has 0 aliphatic heterocycles. The van der Waals surface area contributed by atoms with Gasteiger partial charge in [0.25, 0.3) is 0 Å². The lowest BCUT2D eigenvalue weighted by molar-refractivity contribution is 0.280. The van der Waals surface area contributed by atoms with E-state index >= 15 is 0 Å². The van der Waals surface area contributed by atoms with E-state index in [9.17, 15) is 0 Å². The summed E-state index contributed by atoms with van der Waals surface area (Å²) in [6.07, 6.45) is 0. The molecule has 0 aliphatic carbocycles. The van der Waals surface area contributed by atoms with E-state index in [0.29, 0.717) is 24.1 Å². The molecule has 6 nitrogen and oxygen atoms in total. The first kappa shape index (κ1) is 22.6. The Labute approximate surface area is 197 Å².